The molecule has 0 aliphatic carbocycles. The van der Waals surface area contributed by atoms with Crippen molar-refractivity contribution in [3.05, 3.63) is 29.3 Å². The molecule has 15 heavy (non-hydrogen) atoms. The molecule has 0 heterocycles. The minimum Gasteiger partial charge on any atom is -0.508 e. The van der Waals surface area contributed by atoms with E-state index in [0.717, 1.165) is 12.1 Å². The maximum absolute atomic E-state index is 10.5. The Balaban J connectivity index is 3.19. The molecular weight excluding hydrogens is 198 g/mol. The van der Waals surface area contributed by atoms with Gasteiger partial charge in [-0.1, -0.05) is 0 Å². The summed E-state index contributed by atoms with van der Waals surface area (Å²) in [7, 11) is 0. The zero-order valence-corrected chi connectivity index (χ0v) is 7.51. The molecule has 0 saturated heterocycles. The van der Waals surface area contributed by atoms with Gasteiger partial charge in [0, 0.05) is 11.6 Å². The van der Waals surface area contributed by atoms with Crippen molar-refractivity contribution in [2.75, 3.05) is 0 Å². The highest BCUT2D eigenvalue weighted by molar-refractivity contribution is 5.96. The molecule has 76 valence electrons. The number of hydrogen-bond acceptors (Lipinski definition) is 4. The number of phenols is 2. The number of nitrogens with zero attached hydrogens (tertiary/aromatic N) is 1. The van der Waals surface area contributed by atoms with E-state index in [-0.39, 0.29) is 17.1 Å². The molecule has 0 atom stereocenters. The summed E-state index contributed by atoms with van der Waals surface area (Å²) in [6.07, 6.45) is 1.02. The van der Waals surface area contributed by atoms with Gasteiger partial charge in [0.15, 0.2) is 0 Å². The van der Waals surface area contributed by atoms with Crippen LogP contribution >= 0.6 is 0 Å². The molecular formula is C10H7NO4. The third-order valence-electron chi connectivity index (χ3n) is 1.66. The predicted molar refractivity (Wildman–Crippen MR) is 51.0 cm³/mol. The van der Waals surface area contributed by atoms with E-state index in [1.165, 1.54) is 18.2 Å². The number of aromatic hydroxyl groups is 2. The van der Waals surface area contributed by atoms with Gasteiger partial charge in [-0.2, -0.15) is 5.26 Å². The average Bonchev–Trinajstić information content (AvgIpc) is 2.16. The second-order valence-electron chi connectivity index (χ2n) is 2.72. The zero-order chi connectivity index (χ0) is 11.4. The highest BCUT2D eigenvalue weighted by Gasteiger charge is 2.07. The lowest BCUT2D eigenvalue weighted by molar-refractivity contribution is -0.132. The lowest BCUT2D eigenvalue weighted by Crippen LogP contribution is -1.97. The Morgan fingerprint density at radius 1 is 1.40 bits per heavy atom. The topological polar surface area (TPSA) is 102 Å². The standard InChI is InChI=1S/C10H7NO4/c11-5-7(10(14)15)3-6-1-2-8(12)4-9(6)13/h1-4,12-13H,(H,14,15). The third kappa shape index (κ3) is 2.48. The van der Waals surface area contributed by atoms with Crippen LogP contribution in [0.1, 0.15) is 5.56 Å². The van der Waals surface area contributed by atoms with Crippen LogP contribution in [0.25, 0.3) is 6.08 Å². The third-order valence-corrected chi connectivity index (χ3v) is 1.66. The van der Waals surface area contributed by atoms with E-state index < -0.39 is 11.5 Å². The highest BCUT2D eigenvalue weighted by atomic mass is 16.4. The number of phenolic OH excluding ortho intramolecular Hbond substituents is 2. The lowest BCUT2D eigenvalue weighted by atomic mass is 10.1. The number of rotatable bonds is 2. The van der Waals surface area contributed by atoms with E-state index >= 15 is 0 Å². The Kier molecular flexibility index (Phi) is 2.94. The zero-order valence-electron chi connectivity index (χ0n) is 7.51. The number of carbonyl (C=O) groups is 1. The molecule has 0 amide bonds. The number of aliphatic carboxylic acids is 1. The Bertz CT molecular complexity index is 471. The first-order chi connectivity index (χ1) is 7.04. The van der Waals surface area contributed by atoms with Crippen LogP contribution in [0.4, 0.5) is 0 Å². The monoisotopic (exact) mass is 205 g/mol. The van der Waals surface area contributed by atoms with Crippen LogP contribution in [0, 0.1) is 11.3 Å². The van der Waals surface area contributed by atoms with Crippen molar-refractivity contribution in [2.24, 2.45) is 0 Å². The molecule has 3 N–H and O–H groups in total. The molecule has 0 radical (unpaired) electrons. The summed E-state index contributed by atoms with van der Waals surface area (Å²) in [5.74, 6) is -1.80. The summed E-state index contributed by atoms with van der Waals surface area (Å²) >= 11 is 0. The Morgan fingerprint density at radius 2 is 2.07 bits per heavy atom. The fourth-order valence-corrected chi connectivity index (χ4v) is 0.951. The molecule has 0 aliphatic rings. The van der Waals surface area contributed by atoms with Gasteiger partial charge in [0.2, 0.25) is 0 Å². The van der Waals surface area contributed by atoms with Crippen molar-refractivity contribution in [3.63, 3.8) is 0 Å². The first-order valence-corrected chi connectivity index (χ1v) is 3.91. The fraction of sp³-hybridized carbons (Fsp3) is 0. The van der Waals surface area contributed by atoms with E-state index in [9.17, 15) is 9.90 Å². The first-order valence-electron chi connectivity index (χ1n) is 3.91. The van der Waals surface area contributed by atoms with Crippen molar-refractivity contribution in [1.82, 2.24) is 0 Å². The Labute approximate surface area is 85.1 Å². The normalized spacial score (nSPS) is 10.7. The smallest absolute Gasteiger partial charge is 0.346 e. The van der Waals surface area contributed by atoms with E-state index in [1.54, 1.807) is 0 Å². The molecule has 0 spiro atoms. The van der Waals surface area contributed by atoms with Gasteiger partial charge in [0.25, 0.3) is 0 Å². The number of nitriles is 1. The van der Waals surface area contributed by atoms with E-state index in [1.807, 2.05) is 0 Å². The number of hydrogen-bond donors (Lipinski definition) is 3. The molecule has 1 rings (SSSR count). The quantitative estimate of drug-likeness (QED) is 0.495. The minimum absolute atomic E-state index is 0.140. The molecule has 0 bridgehead atoms. The SMILES string of the molecule is N#CC(=Cc1ccc(O)cc1O)C(=O)O. The van der Waals surface area contributed by atoms with Crippen LogP contribution in [0.5, 0.6) is 11.5 Å². The van der Waals surface area contributed by atoms with Crippen molar-refractivity contribution >= 4 is 12.0 Å². The summed E-state index contributed by atoms with van der Waals surface area (Å²) in [6.45, 7) is 0. The molecule has 0 aromatic heterocycles. The van der Waals surface area contributed by atoms with Crippen molar-refractivity contribution in [2.45, 2.75) is 0 Å². The van der Waals surface area contributed by atoms with Crippen LogP contribution in [0.15, 0.2) is 23.8 Å². The van der Waals surface area contributed by atoms with Gasteiger partial charge < -0.3 is 15.3 Å². The molecule has 1 aromatic carbocycles. The Morgan fingerprint density at radius 3 is 2.53 bits per heavy atom. The van der Waals surface area contributed by atoms with Crippen LogP contribution < -0.4 is 0 Å². The van der Waals surface area contributed by atoms with Gasteiger partial charge in [0.1, 0.15) is 23.1 Å². The molecule has 0 fully saturated rings. The van der Waals surface area contributed by atoms with Crippen LogP contribution in [-0.2, 0) is 4.79 Å². The van der Waals surface area contributed by atoms with E-state index in [0.29, 0.717) is 0 Å². The molecule has 5 heteroatoms. The maximum atomic E-state index is 10.5. The van der Waals surface area contributed by atoms with Crippen molar-refractivity contribution < 1.29 is 20.1 Å². The van der Waals surface area contributed by atoms with E-state index in [2.05, 4.69) is 0 Å². The van der Waals surface area contributed by atoms with E-state index in [4.69, 9.17) is 15.5 Å². The van der Waals surface area contributed by atoms with Gasteiger partial charge in [-0.25, -0.2) is 4.79 Å². The van der Waals surface area contributed by atoms with Gasteiger partial charge >= 0.3 is 5.97 Å². The number of carboxylic acids is 1. The summed E-state index contributed by atoms with van der Waals surface area (Å²) < 4.78 is 0. The molecule has 0 unspecified atom stereocenters. The van der Waals surface area contributed by atoms with Gasteiger partial charge in [-0.15, -0.1) is 0 Å². The fourth-order valence-electron chi connectivity index (χ4n) is 0.951. The van der Waals surface area contributed by atoms with Crippen LogP contribution in [-0.4, -0.2) is 21.3 Å². The second-order valence-corrected chi connectivity index (χ2v) is 2.72. The van der Waals surface area contributed by atoms with Gasteiger partial charge in [0.05, 0.1) is 0 Å². The Hall–Kier alpha value is -2.48. The first kappa shape index (κ1) is 10.6. The summed E-state index contributed by atoms with van der Waals surface area (Å²) in [5, 5.41) is 35.3. The van der Waals surface area contributed by atoms with Crippen LogP contribution in [0.3, 0.4) is 0 Å². The van der Waals surface area contributed by atoms with Crippen LogP contribution in [0.2, 0.25) is 0 Å². The summed E-state index contributed by atoms with van der Waals surface area (Å²) in [6, 6.07) is 5.13. The average molecular weight is 205 g/mol. The molecule has 0 saturated carbocycles. The van der Waals surface area contributed by atoms with Gasteiger partial charge in [-0.05, 0) is 18.2 Å². The summed E-state index contributed by atoms with van der Waals surface area (Å²) in [4.78, 5) is 10.5. The van der Waals surface area contributed by atoms with Crippen molar-refractivity contribution in [1.29, 1.82) is 5.26 Å². The van der Waals surface area contributed by atoms with Gasteiger partial charge in [-0.3, -0.25) is 0 Å². The summed E-state index contributed by atoms with van der Waals surface area (Å²) in [5.41, 5.74) is -0.331. The number of carboxylic acid groups (broad SMARTS) is 1. The highest BCUT2D eigenvalue weighted by Crippen LogP contribution is 2.24. The lowest BCUT2D eigenvalue weighted by Gasteiger charge is -1.99. The maximum Gasteiger partial charge on any atom is 0.346 e. The molecule has 1 aromatic rings. The largest absolute Gasteiger partial charge is 0.508 e. The predicted octanol–water partition coefficient (Wildman–Crippen LogP) is 1.09. The molecule has 0 aliphatic heterocycles. The number of benzene rings is 1. The van der Waals surface area contributed by atoms with Crippen molar-refractivity contribution in [3.8, 4) is 17.6 Å². The molecule has 5 nitrogen and oxygen atoms in total. The second kappa shape index (κ2) is 4.15. The minimum atomic E-state index is -1.37.